The molecule has 6 nitrogen and oxygen atoms in total. The van der Waals surface area contributed by atoms with Crippen molar-refractivity contribution in [2.24, 2.45) is 0 Å². The number of carbonyl (C=O) groups is 1. The summed E-state index contributed by atoms with van der Waals surface area (Å²) in [5.41, 5.74) is 0. The van der Waals surface area contributed by atoms with Crippen LogP contribution in [0.1, 0.15) is 96.8 Å². The Hall–Kier alpha value is -0.690. The van der Waals surface area contributed by atoms with Crippen LogP contribution in [0.15, 0.2) is 0 Å². The molecule has 0 aromatic rings. The molecule has 0 saturated carbocycles. The minimum atomic E-state index is -1.04. The highest BCUT2D eigenvalue weighted by atomic mass is 16.7. The Balaban J connectivity index is 1.41. The molecule has 2 fully saturated rings. The maximum atomic E-state index is 12.1. The van der Waals surface area contributed by atoms with Crippen LogP contribution in [0, 0.1) is 0 Å². The molecule has 2 aliphatic heterocycles. The van der Waals surface area contributed by atoms with Gasteiger partial charge in [-0.2, -0.15) is 0 Å². The fraction of sp³-hybridized carbons (Fsp3) is 0.955. The molecule has 0 aromatic heterocycles. The van der Waals surface area contributed by atoms with E-state index >= 15 is 0 Å². The topological polar surface area (TPSA) is 88.0 Å². The number of aliphatic hydroxyl groups is 2. The van der Waals surface area contributed by atoms with Gasteiger partial charge in [0.2, 0.25) is 5.91 Å². The second-order valence-electron chi connectivity index (χ2n) is 8.44. The molecular weight excluding hydrogens is 358 g/mol. The van der Waals surface area contributed by atoms with Gasteiger partial charge in [-0.05, 0) is 6.42 Å². The number of carbonyl (C=O) groups excluding carboxylic acids is 1. The van der Waals surface area contributed by atoms with Crippen LogP contribution < -0.4 is 5.32 Å². The molecule has 0 radical (unpaired) electrons. The fourth-order valence-corrected chi connectivity index (χ4v) is 4.12. The first-order valence-electron chi connectivity index (χ1n) is 11.6. The minimum absolute atomic E-state index is 0.114. The molecule has 2 rings (SSSR count). The van der Waals surface area contributed by atoms with Crippen molar-refractivity contribution < 1.29 is 24.5 Å². The average molecular weight is 400 g/mol. The van der Waals surface area contributed by atoms with E-state index in [-0.39, 0.29) is 12.5 Å². The molecule has 2 saturated heterocycles. The zero-order valence-electron chi connectivity index (χ0n) is 17.6. The van der Waals surface area contributed by atoms with E-state index in [9.17, 15) is 15.0 Å². The summed E-state index contributed by atoms with van der Waals surface area (Å²) in [5, 5.41) is 22.8. The zero-order chi connectivity index (χ0) is 20.2. The quantitative estimate of drug-likeness (QED) is 0.367. The Morgan fingerprint density at radius 2 is 1.39 bits per heavy atom. The third kappa shape index (κ3) is 7.97. The van der Waals surface area contributed by atoms with E-state index in [4.69, 9.17) is 9.47 Å². The van der Waals surface area contributed by atoms with Gasteiger partial charge in [-0.25, -0.2) is 0 Å². The number of unbranched alkanes of at least 4 members (excludes halogenated alkanes) is 12. The molecule has 0 aliphatic carbocycles. The predicted octanol–water partition coefficient (Wildman–Crippen LogP) is 3.43. The molecule has 2 aliphatic rings. The first-order valence-corrected chi connectivity index (χ1v) is 11.6. The number of hydrogen-bond donors (Lipinski definition) is 3. The maximum Gasteiger partial charge on any atom is 0.220 e. The van der Waals surface area contributed by atoms with Gasteiger partial charge in [0, 0.05) is 6.42 Å². The van der Waals surface area contributed by atoms with Gasteiger partial charge in [0.15, 0.2) is 6.29 Å². The van der Waals surface area contributed by atoms with Crippen molar-refractivity contribution in [3.05, 3.63) is 0 Å². The first-order chi connectivity index (χ1) is 13.6. The number of amides is 1. The Bertz CT molecular complexity index is 433. The monoisotopic (exact) mass is 399 g/mol. The number of rotatable bonds is 15. The van der Waals surface area contributed by atoms with Crippen LogP contribution in [0.2, 0.25) is 0 Å². The molecule has 28 heavy (non-hydrogen) atoms. The summed E-state index contributed by atoms with van der Waals surface area (Å²) in [6, 6.07) is -0.691. The second-order valence-corrected chi connectivity index (χ2v) is 8.44. The number of ether oxygens (including phenoxy) is 2. The summed E-state index contributed by atoms with van der Waals surface area (Å²) >= 11 is 0. The molecule has 2 bridgehead atoms. The second kappa shape index (κ2) is 13.5. The van der Waals surface area contributed by atoms with Crippen molar-refractivity contribution in [2.45, 2.75) is 127 Å². The smallest absolute Gasteiger partial charge is 0.220 e. The number of nitrogens with one attached hydrogen (secondary N) is 1. The molecular formula is C22H41NO5. The largest absolute Gasteiger partial charge is 0.388 e. The number of hydrogen-bond acceptors (Lipinski definition) is 5. The van der Waals surface area contributed by atoms with Gasteiger partial charge in [0.1, 0.15) is 24.4 Å². The van der Waals surface area contributed by atoms with Crippen molar-refractivity contribution >= 4 is 5.91 Å². The molecule has 0 unspecified atom stereocenters. The highest BCUT2D eigenvalue weighted by Crippen LogP contribution is 2.28. The zero-order valence-corrected chi connectivity index (χ0v) is 17.6. The van der Waals surface area contributed by atoms with Gasteiger partial charge in [0.05, 0.1) is 6.61 Å². The van der Waals surface area contributed by atoms with Crippen LogP contribution in [-0.2, 0) is 14.3 Å². The lowest BCUT2D eigenvalue weighted by molar-refractivity contribution is -0.187. The van der Waals surface area contributed by atoms with Gasteiger partial charge in [-0.1, -0.05) is 84.0 Å². The normalized spacial score (nSPS) is 29.2. The molecule has 1 amide bonds. The van der Waals surface area contributed by atoms with Crippen LogP contribution in [-0.4, -0.2) is 53.4 Å². The fourth-order valence-electron chi connectivity index (χ4n) is 4.12. The first kappa shape index (κ1) is 23.6. The molecule has 0 aromatic carbocycles. The van der Waals surface area contributed by atoms with E-state index < -0.39 is 30.6 Å². The molecule has 5 atom stereocenters. The molecule has 6 heteroatoms. The standard InChI is InChI=1S/C22H41NO5/c1-2-3-4-5-6-7-8-9-10-11-12-13-14-15-18(24)23-19-21(26)20(25)17-16-27-22(19)28-17/h17,19-22,25-26H,2-16H2,1H3,(H,23,24)/t17-,19-,20+,21-,22-/m1/s1. The van der Waals surface area contributed by atoms with E-state index in [1.54, 1.807) is 0 Å². The Morgan fingerprint density at radius 1 is 0.857 bits per heavy atom. The van der Waals surface area contributed by atoms with Crippen LogP contribution in [0.5, 0.6) is 0 Å². The maximum absolute atomic E-state index is 12.1. The van der Waals surface area contributed by atoms with Crippen LogP contribution >= 0.6 is 0 Å². The van der Waals surface area contributed by atoms with Crippen molar-refractivity contribution in [3.8, 4) is 0 Å². The minimum Gasteiger partial charge on any atom is -0.388 e. The van der Waals surface area contributed by atoms with Gasteiger partial charge < -0.3 is 25.0 Å². The summed E-state index contributed by atoms with van der Waals surface area (Å²) in [6.07, 6.45) is 13.8. The Kier molecular flexibility index (Phi) is 11.4. The van der Waals surface area contributed by atoms with Gasteiger partial charge in [-0.15, -0.1) is 0 Å². The SMILES string of the molecule is CCCCCCCCCCCCCCCC(=O)N[C@H]1[C@@H]2OC[C@@H](O2)[C@H](O)[C@@H]1O. The van der Waals surface area contributed by atoms with E-state index in [1.807, 2.05) is 0 Å². The van der Waals surface area contributed by atoms with Gasteiger partial charge in [-0.3, -0.25) is 4.79 Å². The average Bonchev–Trinajstić information content (AvgIpc) is 3.14. The lowest BCUT2D eigenvalue weighted by atomic mass is 9.98. The van der Waals surface area contributed by atoms with Crippen molar-refractivity contribution in [1.82, 2.24) is 5.32 Å². The van der Waals surface area contributed by atoms with Crippen molar-refractivity contribution in [1.29, 1.82) is 0 Å². The lowest BCUT2D eigenvalue weighted by Gasteiger charge is -2.36. The van der Waals surface area contributed by atoms with Crippen LogP contribution in [0.4, 0.5) is 0 Å². The Labute approximate surface area is 170 Å². The van der Waals surface area contributed by atoms with E-state index in [0.717, 1.165) is 12.8 Å². The highest BCUT2D eigenvalue weighted by Gasteiger charge is 2.49. The van der Waals surface area contributed by atoms with Crippen LogP contribution in [0.25, 0.3) is 0 Å². The third-order valence-electron chi connectivity index (χ3n) is 5.96. The molecule has 164 valence electrons. The highest BCUT2D eigenvalue weighted by molar-refractivity contribution is 5.76. The van der Waals surface area contributed by atoms with Crippen molar-refractivity contribution in [2.75, 3.05) is 6.61 Å². The molecule has 3 N–H and O–H groups in total. The number of aliphatic hydroxyl groups excluding tert-OH is 2. The van der Waals surface area contributed by atoms with Gasteiger partial charge >= 0.3 is 0 Å². The summed E-state index contributed by atoms with van der Waals surface area (Å²) < 4.78 is 10.9. The van der Waals surface area contributed by atoms with Gasteiger partial charge in [0.25, 0.3) is 0 Å². The van der Waals surface area contributed by atoms with E-state index in [0.29, 0.717) is 6.42 Å². The molecule has 0 spiro atoms. The summed E-state index contributed by atoms with van der Waals surface area (Å²) in [6.45, 7) is 2.51. The summed E-state index contributed by atoms with van der Waals surface area (Å²) in [7, 11) is 0. The van der Waals surface area contributed by atoms with Crippen LogP contribution in [0.3, 0.4) is 0 Å². The summed E-state index contributed by atoms with van der Waals surface area (Å²) in [5.74, 6) is -0.114. The van der Waals surface area contributed by atoms with E-state index in [2.05, 4.69) is 12.2 Å². The third-order valence-corrected chi connectivity index (χ3v) is 5.96. The van der Waals surface area contributed by atoms with E-state index in [1.165, 1.54) is 70.6 Å². The predicted molar refractivity (Wildman–Crippen MR) is 109 cm³/mol. The number of fused-ring (bicyclic) bond motifs is 2. The Morgan fingerprint density at radius 3 is 1.96 bits per heavy atom. The summed E-state index contributed by atoms with van der Waals surface area (Å²) in [4.78, 5) is 12.1. The van der Waals surface area contributed by atoms with Crippen molar-refractivity contribution in [3.63, 3.8) is 0 Å². The lowest BCUT2D eigenvalue weighted by Crippen LogP contribution is -2.60. The molecule has 2 heterocycles.